The molecule has 0 aliphatic rings. The van der Waals surface area contributed by atoms with Gasteiger partial charge in [-0.05, 0) is 55.8 Å². The third-order valence-electron chi connectivity index (χ3n) is 3.66. The van der Waals surface area contributed by atoms with Crippen LogP contribution in [0, 0.1) is 6.92 Å². The molecule has 0 fully saturated rings. The second-order valence-electron chi connectivity index (χ2n) is 5.53. The van der Waals surface area contributed by atoms with E-state index >= 15 is 0 Å². The van der Waals surface area contributed by atoms with E-state index in [4.69, 9.17) is 4.74 Å². The van der Waals surface area contributed by atoms with Gasteiger partial charge in [-0.3, -0.25) is 9.78 Å². The molecule has 1 aromatic heterocycles. The molecule has 0 spiro atoms. The second kappa shape index (κ2) is 7.57. The van der Waals surface area contributed by atoms with Crippen LogP contribution in [-0.4, -0.2) is 23.7 Å². The van der Waals surface area contributed by atoms with Crippen LogP contribution in [0.2, 0.25) is 0 Å². The van der Waals surface area contributed by atoms with Crippen molar-refractivity contribution in [2.45, 2.75) is 13.8 Å². The van der Waals surface area contributed by atoms with Crippen molar-refractivity contribution >= 4 is 23.0 Å². The standard InChI is InChI=1S/C20H19N3O2/c1-3-25-16-10-8-15(9-11-16)13-21-23-20(24)18-12-14(2)22-19-7-5-4-6-17(18)19/h4-13H,3H2,1-2H3,(H,23,24)/b21-13-. The zero-order valence-corrected chi connectivity index (χ0v) is 14.2. The number of pyridine rings is 1. The number of fused-ring (bicyclic) bond motifs is 1. The molecule has 0 atom stereocenters. The number of benzene rings is 2. The van der Waals surface area contributed by atoms with E-state index in [-0.39, 0.29) is 5.91 Å². The molecule has 2 aromatic carbocycles. The van der Waals surface area contributed by atoms with E-state index in [1.807, 2.05) is 62.4 Å². The molecule has 0 saturated carbocycles. The summed E-state index contributed by atoms with van der Waals surface area (Å²) >= 11 is 0. The van der Waals surface area contributed by atoms with Crippen LogP contribution >= 0.6 is 0 Å². The fraction of sp³-hybridized carbons (Fsp3) is 0.150. The minimum atomic E-state index is -0.260. The maximum absolute atomic E-state index is 12.5. The number of aromatic nitrogens is 1. The Bertz CT molecular complexity index is 918. The SMILES string of the molecule is CCOc1ccc(/C=N\NC(=O)c2cc(C)nc3ccccc23)cc1. The second-order valence-corrected chi connectivity index (χ2v) is 5.53. The zero-order valence-electron chi connectivity index (χ0n) is 14.2. The van der Waals surface area contributed by atoms with Crippen LogP contribution in [-0.2, 0) is 0 Å². The van der Waals surface area contributed by atoms with Crippen LogP contribution in [0.5, 0.6) is 5.75 Å². The first-order chi connectivity index (χ1) is 12.2. The van der Waals surface area contributed by atoms with Gasteiger partial charge in [-0.15, -0.1) is 0 Å². The Morgan fingerprint density at radius 1 is 1.20 bits per heavy atom. The lowest BCUT2D eigenvalue weighted by molar-refractivity contribution is 0.0956. The highest BCUT2D eigenvalue weighted by Gasteiger charge is 2.10. The number of rotatable bonds is 5. The van der Waals surface area contributed by atoms with Crippen molar-refractivity contribution in [2.75, 3.05) is 6.61 Å². The van der Waals surface area contributed by atoms with E-state index < -0.39 is 0 Å². The number of hydrogen-bond donors (Lipinski definition) is 1. The lowest BCUT2D eigenvalue weighted by Gasteiger charge is -2.06. The molecule has 0 saturated heterocycles. The highest BCUT2D eigenvalue weighted by Crippen LogP contribution is 2.18. The number of nitrogens with one attached hydrogen (secondary N) is 1. The van der Waals surface area contributed by atoms with Gasteiger partial charge < -0.3 is 4.74 Å². The Kier molecular flexibility index (Phi) is 5.04. The summed E-state index contributed by atoms with van der Waals surface area (Å²) in [5.41, 5.74) is 5.60. The Balaban J connectivity index is 1.74. The lowest BCUT2D eigenvalue weighted by Crippen LogP contribution is -2.18. The molecule has 3 rings (SSSR count). The Morgan fingerprint density at radius 3 is 2.72 bits per heavy atom. The van der Waals surface area contributed by atoms with Crippen LogP contribution in [0.4, 0.5) is 0 Å². The third-order valence-corrected chi connectivity index (χ3v) is 3.66. The van der Waals surface area contributed by atoms with E-state index in [1.54, 1.807) is 12.3 Å². The molecule has 1 N–H and O–H groups in total. The molecule has 0 aliphatic heterocycles. The molecule has 25 heavy (non-hydrogen) atoms. The number of amides is 1. The molecule has 1 amide bonds. The Labute approximate surface area is 146 Å². The fourth-order valence-corrected chi connectivity index (χ4v) is 2.54. The van der Waals surface area contributed by atoms with Gasteiger partial charge in [0.2, 0.25) is 0 Å². The number of para-hydroxylation sites is 1. The Hall–Kier alpha value is -3.21. The predicted molar refractivity (Wildman–Crippen MR) is 99.2 cm³/mol. The summed E-state index contributed by atoms with van der Waals surface area (Å²) in [5, 5.41) is 4.85. The number of hydrazone groups is 1. The van der Waals surface area contributed by atoms with Gasteiger partial charge in [0.05, 0.1) is 23.9 Å². The maximum atomic E-state index is 12.5. The van der Waals surface area contributed by atoms with E-state index in [1.165, 1.54) is 0 Å². The van der Waals surface area contributed by atoms with Crippen LogP contribution < -0.4 is 10.2 Å². The van der Waals surface area contributed by atoms with Crippen molar-refractivity contribution in [3.63, 3.8) is 0 Å². The van der Waals surface area contributed by atoms with Crippen LogP contribution in [0.1, 0.15) is 28.5 Å². The number of ether oxygens (including phenoxy) is 1. The summed E-state index contributed by atoms with van der Waals surface area (Å²) in [6.07, 6.45) is 1.60. The monoisotopic (exact) mass is 333 g/mol. The molecule has 5 heteroatoms. The van der Waals surface area contributed by atoms with Crippen LogP contribution in [0.25, 0.3) is 10.9 Å². The van der Waals surface area contributed by atoms with Crippen molar-refractivity contribution in [3.05, 3.63) is 71.4 Å². The van der Waals surface area contributed by atoms with Gasteiger partial charge in [-0.1, -0.05) is 18.2 Å². The van der Waals surface area contributed by atoms with Crippen molar-refractivity contribution in [3.8, 4) is 5.75 Å². The molecular formula is C20H19N3O2. The maximum Gasteiger partial charge on any atom is 0.272 e. The summed E-state index contributed by atoms with van der Waals surface area (Å²) in [5.74, 6) is 0.548. The third kappa shape index (κ3) is 4.01. The number of hydrogen-bond acceptors (Lipinski definition) is 4. The smallest absolute Gasteiger partial charge is 0.272 e. The number of nitrogens with zero attached hydrogens (tertiary/aromatic N) is 2. The average Bonchev–Trinajstić information content (AvgIpc) is 2.62. The van der Waals surface area contributed by atoms with Gasteiger partial charge in [-0.2, -0.15) is 5.10 Å². The quantitative estimate of drug-likeness (QED) is 0.572. The normalized spacial score (nSPS) is 11.0. The Morgan fingerprint density at radius 2 is 1.96 bits per heavy atom. The fourth-order valence-electron chi connectivity index (χ4n) is 2.54. The molecule has 0 bridgehead atoms. The van der Waals surface area contributed by atoms with Crippen molar-refractivity contribution in [1.82, 2.24) is 10.4 Å². The van der Waals surface area contributed by atoms with Crippen molar-refractivity contribution in [1.29, 1.82) is 0 Å². The van der Waals surface area contributed by atoms with Gasteiger partial charge in [0, 0.05) is 11.1 Å². The molecule has 0 radical (unpaired) electrons. The zero-order chi connectivity index (χ0) is 17.6. The van der Waals surface area contributed by atoms with Gasteiger partial charge in [0.15, 0.2) is 0 Å². The van der Waals surface area contributed by atoms with Crippen molar-refractivity contribution in [2.24, 2.45) is 5.10 Å². The highest BCUT2D eigenvalue weighted by atomic mass is 16.5. The van der Waals surface area contributed by atoms with Crippen molar-refractivity contribution < 1.29 is 9.53 Å². The lowest BCUT2D eigenvalue weighted by atomic mass is 10.1. The van der Waals surface area contributed by atoms with Crippen LogP contribution in [0.3, 0.4) is 0 Å². The molecule has 0 unspecified atom stereocenters. The minimum Gasteiger partial charge on any atom is -0.494 e. The summed E-state index contributed by atoms with van der Waals surface area (Å²) in [4.78, 5) is 16.9. The van der Waals surface area contributed by atoms with E-state index in [9.17, 15) is 4.79 Å². The molecule has 0 aliphatic carbocycles. The summed E-state index contributed by atoms with van der Waals surface area (Å²) in [6, 6.07) is 16.8. The highest BCUT2D eigenvalue weighted by molar-refractivity contribution is 6.06. The first kappa shape index (κ1) is 16.6. The molecule has 1 heterocycles. The average molecular weight is 333 g/mol. The molecule has 5 nitrogen and oxygen atoms in total. The van der Waals surface area contributed by atoms with E-state index in [2.05, 4.69) is 15.5 Å². The summed E-state index contributed by atoms with van der Waals surface area (Å²) in [7, 11) is 0. The number of carbonyl (C=O) groups excluding carboxylic acids is 1. The summed E-state index contributed by atoms with van der Waals surface area (Å²) < 4.78 is 5.39. The predicted octanol–water partition coefficient (Wildman–Crippen LogP) is 3.71. The first-order valence-corrected chi connectivity index (χ1v) is 8.10. The number of carbonyl (C=O) groups is 1. The van der Waals surface area contributed by atoms with E-state index in [0.29, 0.717) is 12.2 Å². The molecule has 3 aromatic rings. The topological polar surface area (TPSA) is 63.6 Å². The van der Waals surface area contributed by atoms with Gasteiger partial charge in [0.25, 0.3) is 5.91 Å². The minimum absolute atomic E-state index is 0.260. The van der Waals surface area contributed by atoms with Gasteiger partial charge in [0.1, 0.15) is 5.75 Å². The largest absolute Gasteiger partial charge is 0.494 e. The molecule has 126 valence electrons. The summed E-state index contributed by atoms with van der Waals surface area (Å²) in [6.45, 7) is 4.44. The first-order valence-electron chi connectivity index (χ1n) is 8.10. The van der Waals surface area contributed by atoms with E-state index in [0.717, 1.165) is 27.9 Å². The van der Waals surface area contributed by atoms with Crippen LogP contribution in [0.15, 0.2) is 59.7 Å². The van der Waals surface area contributed by atoms with Gasteiger partial charge in [-0.25, -0.2) is 5.43 Å². The molecular weight excluding hydrogens is 314 g/mol. The number of aryl methyl sites for hydroxylation is 1. The van der Waals surface area contributed by atoms with Gasteiger partial charge >= 0.3 is 0 Å².